The fourth-order valence-electron chi connectivity index (χ4n) is 4.28. The lowest BCUT2D eigenvalue weighted by atomic mass is 9.59. The van der Waals surface area contributed by atoms with Crippen molar-refractivity contribution in [3.05, 3.63) is 54.1 Å². The highest BCUT2D eigenvalue weighted by atomic mass is 19.4. The quantitative estimate of drug-likeness (QED) is 0.480. The van der Waals surface area contributed by atoms with Gasteiger partial charge in [0.25, 0.3) is 5.91 Å². The van der Waals surface area contributed by atoms with Crippen LogP contribution in [0, 0.1) is 5.41 Å². The number of aliphatic carboxylic acids is 2. The van der Waals surface area contributed by atoms with E-state index in [4.69, 9.17) is 19.8 Å². The summed E-state index contributed by atoms with van der Waals surface area (Å²) in [6.07, 6.45) is 0.182. The molecule has 0 aromatic carbocycles. The fourth-order valence-corrected chi connectivity index (χ4v) is 4.28. The summed E-state index contributed by atoms with van der Waals surface area (Å²) < 4.78 is 65.4. The number of rotatable bonds is 4. The molecule has 216 valence electrons. The van der Waals surface area contributed by atoms with Crippen molar-refractivity contribution in [3.63, 3.8) is 0 Å². The second-order valence-electron chi connectivity index (χ2n) is 9.20. The molecule has 1 saturated heterocycles. The van der Waals surface area contributed by atoms with Gasteiger partial charge in [0, 0.05) is 38.2 Å². The number of carboxylic acids is 2. The van der Waals surface area contributed by atoms with E-state index in [1.807, 2.05) is 42.3 Å². The largest absolute Gasteiger partial charge is 0.490 e. The number of carbonyl (C=O) groups is 3. The number of halogens is 6. The Morgan fingerprint density at radius 3 is 1.95 bits per heavy atom. The monoisotopic (exact) mass is 566 g/mol. The van der Waals surface area contributed by atoms with Gasteiger partial charge in [-0.05, 0) is 62.4 Å². The molecule has 1 unspecified atom stereocenters. The zero-order valence-corrected chi connectivity index (χ0v) is 20.8. The molecule has 1 atom stereocenters. The van der Waals surface area contributed by atoms with E-state index in [0.717, 1.165) is 37.3 Å². The van der Waals surface area contributed by atoms with Crippen molar-refractivity contribution < 1.29 is 50.9 Å². The van der Waals surface area contributed by atoms with Gasteiger partial charge in [-0.2, -0.15) is 26.3 Å². The van der Waals surface area contributed by atoms with Crippen molar-refractivity contribution in [2.45, 2.75) is 50.6 Å². The number of hydrogen-bond donors (Lipinski definition) is 3. The highest BCUT2D eigenvalue weighted by Crippen LogP contribution is 2.49. The van der Waals surface area contributed by atoms with Gasteiger partial charge in [-0.1, -0.05) is 6.07 Å². The van der Waals surface area contributed by atoms with Crippen LogP contribution in [0.15, 0.2) is 42.9 Å². The Balaban J connectivity index is 0.000000317. The lowest BCUT2D eigenvalue weighted by molar-refractivity contribution is -0.193. The van der Waals surface area contributed by atoms with Gasteiger partial charge in [-0.25, -0.2) is 9.59 Å². The minimum atomic E-state index is -5.08. The molecule has 2 aliphatic rings. The van der Waals surface area contributed by atoms with Gasteiger partial charge in [0.15, 0.2) is 0 Å². The first-order valence-corrected chi connectivity index (χ1v) is 11.7. The lowest BCUT2D eigenvalue weighted by Gasteiger charge is -2.54. The number of nitrogens with one attached hydrogen (secondary N) is 1. The molecule has 3 N–H and O–H groups in total. The number of piperidine rings is 1. The molecule has 39 heavy (non-hydrogen) atoms. The summed E-state index contributed by atoms with van der Waals surface area (Å²) in [5.41, 5.74) is 2.21. The predicted molar refractivity (Wildman–Crippen MR) is 124 cm³/mol. The third kappa shape index (κ3) is 9.57. The van der Waals surface area contributed by atoms with Crippen LogP contribution in [0.3, 0.4) is 0 Å². The topological polar surface area (TPSA) is 125 Å². The van der Waals surface area contributed by atoms with Gasteiger partial charge in [-0.15, -0.1) is 0 Å². The highest BCUT2D eigenvalue weighted by molar-refractivity contribution is 5.94. The first kappa shape index (κ1) is 31.6. The fraction of sp³-hybridized carbons (Fsp3) is 0.500. The maximum absolute atomic E-state index is 12.4. The minimum Gasteiger partial charge on any atom is -0.475 e. The zero-order valence-electron chi connectivity index (χ0n) is 20.8. The van der Waals surface area contributed by atoms with Crippen molar-refractivity contribution in [3.8, 4) is 0 Å². The van der Waals surface area contributed by atoms with Crippen LogP contribution in [-0.4, -0.2) is 74.0 Å². The Labute approximate surface area is 219 Å². The van der Waals surface area contributed by atoms with Crippen LogP contribution in [-0.2, 0) is 23.2 Å². The van der Waals surface area contributed by atoms with E-state index < -0.39 is 24.3 Å². The molecule has 9 nitrogen and oxygen atoms in total. The average molecular weight is 566 g/mol. The Bertz CT molecular complexity index is 1090. The van der Waals surface area contributed by atoms with Crippen molar-refractivity contribution in [1.82, 2.24) is 19.8 Å². The molecular formula is C24H28F6N4O5. The first-order chi connectivity index (χ1) is 18.0. The third-order valence-electron chi connectivity index (χ3n) is 6.52. The minimum absolute atomic E-state index is 0.0700. The van der Waals surface area contributed by atoms with Crippen LogP contribution >= 0.6 is 0 Å². The second kappa shape index (κ2) is 13.0. The number of pyridine rings is 1. The molecule has 1 aliphatic heterocycles. The summed E-state index contributed by atoms with van der Waals surface area (Å²) in [4.78, 5) is 37.2. The second-order valence-corrected chi connectivity index (χ2v) is 9.20. The molecule has 4 rings (SSSR count). The molecule has 1 spiro atoms. The zero-order chi connectivity index (χ0) is 29.4. The molecule has 1 amide bonds. The number of carboxylic acid groups (broad SMARTS) is 2. The standard InChI is InChI=1S/C20H26N4O.2C2HF3O2/c1-23-11-6-16(14-23)19(25)22-18-5-7-20(18)8-12-24(13-9-20)15-17-4-2-3-10-21-17;2*3-2(4,5)1(6)7/h2-4,6,10-11,14,18H,5,7-9,12-13,15H2,1H3,(H,22,25);2*(H,6,7). The molecule has 2 aromatic rings. The molecule has 2 aromatic heterocycles. The van der Waals surface area contributed by atoms with E-state index in [0.29, 0.717) is 11.5 Å². The summed E-state index contributed by atoms with van der Waals surface area (Å²) in [5, 5.41) is 17.5. The Morgan fingerprint density at radius 1 is 1.00 bits per heavy atom. The van der Waals surface area contributed by atoms with Crippen molar-refractivity contribution in [1.29, 1.82) is 0 Å². The molecular weight excluding hydrogens is 538 g/mol. The molecule has 0 radical (unpaired) electrons. The van der Waals surface area contributed by atoms with Gasteiger partial charge >= 0.3 is 24.3 Å². The van der Waals surface area contributed by atoms with E-state index in [1.165, 1.54) is 19.3 Å². The third-order valence-corrected chi connectivity index (χ3v) is 6.52. The van der Waals surface area contributed by atoms with Gasteiger partial charge in [0.1, 0.15) is 0 Å². The molecule has 2 fully saturated rings. The van der Waals surface area contributed by atoms with Crippen LogP contribution < -0.4 is 5.32 Å². The maximum Gasteiger partial charge on any atom is 0.490 e. The molecule has 15 heteroatoms. The van der Waals surface area contributed by atoms with Crippen LogP contribution in [0.4, 0.5) is 26.3 Å². The normalized spacial score (nSPS) is 18.5. The predicted octanol–water partition coefficient (Wildman–Crippen LogP) is 3.86. The molecule has 1 aliphatic carbocycles. The van der Waals surface area contributed by atoms with E-state index in [9.17, 15) is 31.1 Å². The van der Waals surface area contributed by atoms with E-state index in [-0.39, 0.29) is 5.91 Å². The summed E-state index contributed by atoms with van der Waals surface area (Å²) in [6.45, 7) is 3.11. The van der Waals surface area contributed by atoms with Crippen LogP contribution in [0.25, 0.3) is 0 Å². The van der Waals surface area contributed by atoms with Crippen LogP contribution in [0.1, 0.15) is 41.7 Å². The number of amides is 1. The number of aryl methyl sites for hydroxylation is 1. The Hall–Kier alpha value is -3.62. The van der Waals surface area contributed by atoms with Crippen molar-refractivity contribution >= 4 is 17.8 Å². The number of alkyl halides is 6. The average Bonchev–Trinajstić information content (AvgIpc) is 3.29. The summed E-state index contributed by atoms with van der Waals surface area (Å²) in [6, 6.07) is 8.32. The lowest BCUT2D eigenvalue weighted by Crippen LogP contribution is -2.59. The van der Waals surface area contributed by atoms with E-state index >= 15 is 0 Å². The summed E-state index contributed by atoms with van der Waals surface area (Å²) >= 11 is 0. The number of carbonyl (C=O) groups excluding carboxylic acids is 1. The van der Waals surface area contributed by atoms with Gasteiger partial charge < -0.3 is 20.1 Å². The first-order valence-electron chi connectivity index (χ1n) is 11.7. The molecule has 1 saturated carbocycles. The van der Waals surface area contributed by atoms with Gasteiger partial charge in [0.05, 0.1) is 11.3 Å². The van der Waals surface area contributed by atoms with E-state index in [1.54, 1.807) is 0 Å². The summed E-state index contributed by atoms with van der Waals surface area (Å²) in [5.74, 6) is -5.44. The summed E-state index contributed by atoms with van der Waals surface area (Å²) in [7, 11) is 1.94. The molecule has 3 heterocycles. The number of likely N-dealkylation sites (tertiary alicyclic amines) is 1. The maximum atomic E-state index is 12.4. The number of hydrogen-bond acceptors (Lipinski definition) is 5. The van der Waals surface area contributed by atoms with Crippen LogP contribution in [0.2, 0.25) is 0 Å². The van der Waals surface area contributed by atoms with Crippen LogP contribution in [0.5, 0.6) is 0 Å². The van der Waals surface area contributed by atoms with Gasteiger partial charge in [-0.3, -0.25) is 14.7 Å². The Kier molecular flexibility index (Phi) is 10.5. The Morgan fingerprint density at radius 2 is 1.56 bits per heavy atom. The highest BCUT2D eigenvalue weighted by Gasteiger charge is 2.48. The number of nitrogens with zero attached hydrogens (tertiary/aromatic N) is 3. The van der Waals surface area contributed by atoms with Gasteiger partial charge in [0.2, 0.25) is 0 Å². The smallest absolute Gasteiger partial charge is 0.475 e. The molecule has 0 bridgehead atoms. The van der Waals surface area contributed by atoms with E-state index in [2.05, 4.69) is 27.3 Å². The SMILES string of the molecule is Cn1ccc(C(=O)NC2CCC23CCN(Cc2ccccn2)CC3)c1.O=C(O)C(F)(F)F.O=C(O)C(F)(F)F. The van der Waals surface area contributed by atoms with Crippen molar-refractivity contribution in [2.75, 3.05) is 13.1 Å². The number of aromatic nitrogens is 2. The van der Waals surface area contributed by atoms with Crippen molar-refractivity contribution in [2.24, 2.45) is 12.5 Å².